The van der Waals surface area contributed by atoms with Gasteiger partial charge in [0.25, 0.3) is 0 Å². The van der Waals surface area contributed by atoms with Crippen molar-refractivity contribution >= 4 is 29.4 Å². The summed E-state index contributed by atoms with van der Waals surface area (Å²) in [6.45, 7) is 11.0. The first-order chi connectivity index (χ1) is 15.9. The van der Waals surface area contributed by atoms with Crippen LogP contribution in [0.4, 0.5) is 11.5 Å². The van der Waals surface area contributed by atoms with E-state index in [2.05, 4.69) is 50.8 Å². The van der Waals surface area contributed by atoms with Gasteiger partial charge < -0.3 is 19.6 Å². The molecule has 2 N–H and O–H groups in total. The van der Waals surface area contributed by atoms with E-state index in [0.29, 0.717) is 12.4 Å². The minimum Gasteiger partial charge on any atom is -0.494 e. The number of nitrogens with two attached hydrogens (primary N) is 1. The van der Waals surface area contributed by atoms with Crippen molar-refractivity contribution in [1.29, 1.82) is 0 Å². The van der Waals surface area contributed by atoms with Gasteiger partial charge in [0.1, 0.15) is 18.2 Å². The van der Waals surface area contributed by atoms with E-state index in [0.717, 1.165) is 69.1 Å². The summed E-state index contributed by atoms with van der Waals surface area (Å²) in [5, 5.41) is 4.24. The summed E-state index contributed by atoms with van der Waals surface area (Å²) < 4.78 is 10.8. The van der Waals surface area contributed by atoms with Crippen molar-refractivity contribution in [3.63, 3.8) is 0 Å². The first-order valence-electron chi connectivity index (χ1n) is 11.8. The molecule has 0 radical (unpaired) electrons. The number of pyridine rings is 1. The fourth-order valence-corrected chi connectivity index (χ4v) is 5.10. The molecule has 1 aromatic carbocycles. The number of rotatable bonds is 10. The molecule has 33 heavy (non-hydrogen) atoms. The van der Waals surface area contributed by atoms with Crippen LogP contribution >= 0.6 is 12.1 Å². The number of fused-ring (bicyclic) bond motifs is 1. The van der Waals surface area contributed by atoms with E-state index in [1.165, 1.54) is 11.1 Å². The zero-order valence-corrected chi connectivity index (χ0v) is 20.7. The van der Waals surface area contributed by atoms with Crippen LogP contribution in [-0.4, -0.2) is 47.8 Å². The average molecular weight is 470 g/mol. The van der Waals surface area contributed by atoms with Gasteiger partial charge >= 0.3 is 0 Å². The van der Waals surface area contributed by atoms with Crippen LogP contribution < -0.4 is 14.8 Å². The molecule has 0 spiro atoms. The van der Waals surface area contributed by atoms with Gasteiger partial charge in [-0.05, 0) is 67.9 Å². The Balaban J connectivity index is 1.21. The lowest BCUT2D eigenvalue weighted by molar-refractivity contribution is 0.158. The van der Waals surface area contributed by atoms with E-state index in [1.54, 1.807) is 18.3 Å². The second-order valence-corrected chi connectivity index (χ2v) is 10.5. The lowest BCUT2D eigenvalue weighted by atomic mass is 9.86. The minimum absolute atomic E-state index is 0.211. The molecule has 0 atom stereocenters. The maximum Gasteiger partial charge on any atom is 0.125 e. The number of hydrogen-bond donors (Lipinski definition) is 1. The normalized spacial score (nSPS) is 17.5. The van der Waals surface area contributed by atoms with Crippen LogP contribution in [0.2, 0.25) is 0 Å². The van der Waals surface area contributed by atoms with Gasteiger partial charge in [-0.25, -0.2) is 9.29 Å². The minimum atomic E-state index is 0.211. The molecule has 7 nitrogen and oxygen atoms in total. The Morgan fingerprint density at radius 1 is 1.15 bits per heavy atom. The van der Waals surface area contributed by atoms with Gasteiger partial charge in [0.05, 0.1) is 18.0 Å². The quantitative estimate of drug-likeness (QED) is 0.391. The fourth-order valence-electron chi connectivity index (χ4n) is 4.11. The molecule has 0 unspecified atom stereocenters. The van der Waals surface area contributed by atoms with Crippen molar-refractivity contribution in [2.45, 2.75) is 46.5 Å². The molecule has 2 aliphatic rings. The molecule has 1 saturated heterocycles. The number of nitrogens with zero attached hydrogens (tertiary/aromatic N) is 4. The van der Waals surface area contributed by atoms with Crippen LogP contribution in [0.3, 0.4) is 0 Å². The first-order valence-corrected chi connectivity index (χ1v) is 12.5. The summed E-state index contributed by atoms with van der Waals surface area (Å²) in [6.07, 6.45) is 5.85. The zero-order valence-electron chi connectivity index (χ0n) is 19.9. The smallest absolute Gasteiger partial charge is 0.125 e. The summed E-state index contributed by atoms with van der Waals surface area (Å²) in [4.78, 5) is 9.33. The van der Waals surface area contributed by atoms with E-state index in [-0.39, 0.29) is 5.41 Å². The van der Waals surface area contributed by atoms with Crippen molar-refractivity contribution in [1.82, 2.24) is 9.29 Å². The number of ether oxygens (including phenoxy) is 1. The molecule has 2 aromatic rings. The molecule has 8 heteroatoms. The highest BCUT2D eigenvalue weighted by molar-refractivity contribution is 7.98. The van der Waals surface area contributed by atoms with Crippen molar-refractivity contribution < 1.29 is 9.57 Å². The number of hydrogen-bond acceptors (Lipinski definition) is 8. The molecular formula is C25H35N5O2S. The Hall–Kier alpha value is -2.45. The SMILES string of the molecule is CCO/N=C1\CCc2cc(OCCC(C)(C)CCN3CCN(c4ccnc(N)c4)S3)ccc21. The second-order valence-electron chi connectivity index (χ2n) is 9.34. The summed E-state index contributed by atoms with van der Waals surface area (Å²) in [5.41, 5.74) is 10.7. The predicted octanol–water partition coefficient (Wildman–Crippen LogP) is 4.92. The highest BCUT2D eigenvalue weighted by atomic mass is 32.2. The fraction of sp³-hybridized carbons (Fsp3) is 0.520. The molecular weight excluding hydrogens is 434 g/mol. The van der Waals surface area contributed by atoms with Crippen LogP contribution in [0.25, 0.3) is 0 Å². The largest absolute Gasteiger partial charge is 0.494 e. The number of aromatic nitrogens is 1. The van der Waals surface area contributed by atoms with E-state index in [4.69, 9.17) is 15.3 Å². The first kappa shape index (κ1) is 23.7. The van der Waals surface area contributed by atoms with Crippen LogP contribution in [0.1, 0.15) is 51.2 Å². The Kier molecular flexibility index (Phi) is 7.65. The predicted molar refractivity (Wildman–Crippen MR) is 137 cm³/mol. The van der Waals surface area contributed by atoms with E-state index < -0.39 is 0 Å². The van der Waals surface area contributed by atoms with Crippen molar-refractivity contribution in [2.24, 2.45) is 10.6 Å². The molecule has 1 fully saturated rings. The molecule has 0 amide bonds. The Bertz CT molecular complexity index is 981. The van der Waals surface area contributed by atoms with Crippen molar-refractivity contribution in [3.8, 4) is 5.75 Å². The molecule has 0 bridgehead atoms. The number of benzene rings is 1. The summed E-state index contributed by atoms with van der Waals surface area (Å²) in [5.74, 6) is 1.51. The third kappa shape index (κ3) is 6.32. The molecule has 2 heterocycles. The number of oxime groups is 1. The Morgan fingerprint density at radius 3 is 2.85 bits per heavy atom. The van der Waals surface area contributed by atoms with Gasteiger partial charge in [0.15, 0.2) is 0 Å². The van der Waals surface area contributed by atoms with Crippen LogP contribution in [0.15, 0.2) is 41.7 Å². The monoisotopic (exact) mass is 469 g/mol. The highest BCUT2D eigenvalue weighted by Gasteiger charge is 2.26. The van der Waals surface area contributed by atoms with Crippen LogP contribution in [0.5, 0.6) is 5.75 Å². The Morgan fingerprint density at radius 2 is 2.03 bits per heavy atom. The van der Waals surface area contributed by atoms with Gasteiger partial charge in [-0.15, -0.1) is 0 Å². The van der Waals surface area contributed by atoms with E-state index in [9.17, 15) is 0 Å². The maximum atomic E-state index is 6.13. The highest BCUT2D eigenvalue weighted by Crippen LogP contribution is 2.33. The third-order valence-corrected chi connectivity index (χ3v) is 7.41. The van der Waals surface area contributed by atoms with Gasteiger partial charge in [0, 0.05) is 49.6 Å². The van der Waals surface area contributed by atoms with Gasteiger partial charge in [-0.1, -0.05) is 19.0 Å². The zero-order chi connectivity index (χ0) is 23.3. The number of anilines is 2. The van der Waals surface area contributed by atoms with Crippen molar-refractivity contribution in [3.05, 3.63) is 47.7 Å². The number of nitrogen functional groups attached to an aromatic ring is 1. The molecule has 1 aliphatic heterocycles. The Labute approximate surface area is 201 Å². The van der Waals surface area contributed by atoms with Gasteiger partial charge in [-0.3, -0.25) is 0 Å². The van der Waals surface area contributed by atoms with Crippen LogP contribution in [-0.2, 0) is 11.3 Å². The molecule has 0 saturated carbocycles. The lowest BCUT2D eigenvalue weighted by Crippen LogP contribution is -2.23. The maximum absolute atomic E-state index is 6.13. The van der Waals surface area contributed by atoms with E-state index >= 15 is 0 Å². The van der Waals surface area contributed by atoms with Crippen molar-refractivity contribution in [2.75, 3.05) is 42.9 Å². The molecule has 4 rings (SSSR count). The summed E-state index contributed by atoms with van der Waals surface area (Å²) in [6, 6.07) is 10.3. The lowest BCUT2D eigenvalue weighted by Gasteiger charge is -2.27. The summed E-state index contributed by atoms with van der Waals surface area (Å²) in [7, 11) is 0. The number of aryl methyl sites for hydroxylation is 1. The second kappa shape index (κ2) is 10.7. The molecule has 178 valence electrons. The molecule has 1 aliphatic carbocycles. The topological polar surface area (TPSA) is 76.2 Å². The average Bonchev–Trinajstić information content (AvgIpc) is 3.43. The molecule has 1 aromatic heterocycles. The van der Waals surface area contributed by atoms with Crippen LogP contribution in [0, 0.1) is 5.41 Å². The van der Waals surface area contributed by atoms with Gasteiger partial charge in [-0.2, -0.15) is 0 Å². The standard InChI is InChI=1S/C25H35N5O2S/c1-4-32-28-23-8-5-19-17-21(6-7-22(19)23)31-16-11-25(2,3)10-13-29-14-15-30(33-29)20-9-12-27-24(26)18-20/h6-7,9,12,17-18H,4-5,8,10-11,13-16H2,1-3H3,(H2,26,27)/b28-23+. The van der Waals surface area contributed by atoms with E-state index in [1.807, 2.05) is 19.1 Å². The summed E-state index contributed by atoms with van der Waals surface area (Å²) >= 11 is 1.78. The third-order valence-electron chi connectivity index (χ3n) is 6.23. The van der Waals surface area contributed by atoms with Gasteiger partial charge in [0.2, 0.25) is 0 Å².